The molecule has 4 rings (SSSR count). The predicted molar refractivity (Wildman–Crippen MR) is 106 cm³/mol. The number of nitrogens with zero attached hydrogens (tertiary/aromatic N) is 2. The van der Waals surface area contributed by atoms with Gasteiger partial charge in [-0.3, -0.25) is 14.7 Å². The Balaban J connectivity index is 1.47. The maximum absolute atomic E-state index is 12.8. The van der Waals surface area contributed by atoms with Gasteiger partial charge in [0.05, 0.1) is 0 Å². The molecule has 0 unspecified atom stereocenters. The molecule has 1 aliphatic heterocycles. The van der Waals surface area contributed by atoms with Crippen molar-refractivity contribution in [3.63, 3.8) is 0 Å². The summed E-state index contributed by atoms with van der Waals surface area (Å²) in [6, 6.07) is 14.6. The molecular formula is C22H28N4O. The summed E-state index contributed by atoms with van der Waals surface area (Å²) >= 11 is 0. The first-order chi connectivity index (χ1) is 13.2. The van der Waals surface area contributed by atoms with Crippen LogP contribution in [-0.4, -0.2) is 42.0 Å². The number of aromatic nitrogens is 1. The van der Waals surface area contributed by atoms with Crippen LogP contribution in [0.3, 0.4) is 0 Å². The molecule has 2 aliphatic rings. The first-order valence-electron chi connectivity index (χ1n) is 9.91. The third-order valence-corrected chi connectivity index (χ3v) is 5.70. The number of amides is 1. The molecule has 0 bridgehead atoms. The quantitative estimate of drug-likeness (QED) is 0.793. The van der Waals surface area contributed by atoms with Gasteiger partial charge in [-0.2, -0.15) is 0 Å². The molecule has 5 heteroatoms. The van der Waals surface area contributed by atoms with Gasteiger partial charge in [-0.05, 0) is 56.0 Å². The number of benzene rings is 1. The average molecular weight is 364 g/mol. The lowest BCUT2D eigenvalue weighted by Gasteiger charge is -2.27. The van der Waals surface area contributed by atoms with Crippen molar-refractivity contribution in [2.24, 2.45) is 5.92 Å². The van der Waals surface area contributed by atoms with E-state index < -0.39 is 0 Å². The lowest BCUT2D eigenvalue weighted by atomic mass is 9.94. The smallest absolute Gasteiger partial charge is 0.241 e. The minimum Gasteiger partial charge on any atom is -0.352 e. The Kier molecular flexibility index (Phi) is 5.50. The molecule has 5 nitrogen and oxygen atoms in total. The van der Waals surface area contributed by atoms with Gasteiger partial charge in [0.15, 0.2) is 0 Å². The Morgan fingerprint density at radius 1 is 1.19 bits per heavy atom. The predicted octanol–water partition coefficient (Wildman–Crippen LogP) is 2.68. The molecule has 3 atom stereocenters. The van der Waals surface area contributed by atoms with Crippen LogP contribution in [-0.2, 0) is 4.79 Å². The molecule has 27 heavy (non-hydrogen) atoms. The summed E-state index contributed by atoms with van der Waals surface area (Å²) in [6.07, 6.45) is 7.11. The maximum atomic E-state index is 12.8. The first-order valence-corrected chi connectivity index (χ1v) is 9.91. The van der Waals surface area contributed by atoms with E-state index in [-0.39, 0.29) is 11.9 Å². The maximum Gasteiger partial charge on any atom is 0.241 e. The summed E-state index contributed by atoms with van der Waals surface area (Å²) < 4.78 is 0. The van der Waals surface area contributed by atoms with Gasteiger partial charge in [-0.1, -0.05) is 36.4 Å². The molecule has 1 saturated carbocycles. The largest absolute Gasteiger partial charge is 0.352 e. The number of likely N-dealkylation sites (tertiary alicyclic amines) is 1. The summed E-state index contributed by atoms with van der Waals surface area (Å²) in [5, 5.41) is 6.73. The summed E-state index contributed by atoms with van der Waals surface area (Å²) in [4.78, 5) is 19.5. The third kappa shape index (κ3) is 4.37. The number of nitrogens with one attached hydrogen (secondary N) is 2. The summed E-state index contributed by atoms with van der Waals surface area (Å²) in [5.41, 5.74) is 2.28. The molecule has 2 fully saturated rings. The minimum absolute atomic E-state index is 0.0907. The topological polar surface area (TPSA) is 57.3 Å². The Hall–Kier alpha value is -2.24. The van der Waals surface area contributed by atoms with Crippen LogP contribution in [0, 0.1) is 5.92 Å². The Labute approximate surface area is 161 Å². The van der Waals surface area contributed by atoms with E-state index in [0.717, 1.165) is 37.9 Å². The Morgan fingerprint density at radius 2 is 2.00 bits per heavy atom. The molecule has 1 aromatic heterocycles. The third-order valence-electron chi connectivity index (χ3n) is 5.70. The molecule has 1 aromatic carbocycles. The van der Waals surface area contributed by atoms with Crippen molar-refractivity contribution in [1.29, 1.82) is 0 Å². The molecule has 1 saturated heterocycles. The van der Waals surface area contributed by atoms with Gasteiger partial charge in [0.25, 0.3) is 0 Å². The van der Waals surface area contributed by atoms with Gasteiger partial charge in [0, 0.05) is 31.0 Å². The molecule has 1 amide bonds. The minimum atomic E-state index is -0.299. The van der Waals surface area contributed by atoms with Crippen LogP contribution in [0.4, 0.5) is 0 Å². The van der Waals surface area contributed by atoms with E-state index in [0.29, 0.717) is 18.0 Å². The van der Waals surface area contributed by atoms with Gasteiger partial charge >= 0.3 is 0 Å². The molecule has 142 valence electrons. The van der Waals surface area contributed by atoms with Crippen LogP contribution in [0.1, 0.15) is 42.5 Å². The second-order valence-electron chi connectivity index (χ2n) is 7.80. The molecular weight excluding hydrogens is 336 g/mol. The van der Waals surface area contributed by atoms with E-state index in [1.807, 2.05) is 48.8 Å². The molecule has 2 heterocycles. The van der Waals surface area contributed by atoms with E-state index in [4.69, 9.17) is 0 Å². The van der Waals surface area contributed by atoms with E-state index in [2.05, 4.69) is 33.6 Å². The van der Waals surface area contributed by atoms with Crippen molar-refractivity contribution in [3.8, 4) is 0 Å². The second kappa shape index (κ2) is 8.19. The molecule has 0 radical (unpaired) electrons. The Bertz CT molecular complexity index is 747. The number of rotatable bonds is 7. The number of hydrogen-bond donors (Lipinski definition) is 2. The van der Waals surface area contributed by atoms with Gasteiger partial charge in [-0.25, -0.2) is 0 Å². The van der Waals surface area contributed by atoms with Gasteiger partial charge in [0.1, 0.15) is 6.04 Å². The second-order valence-corrected chi connectivity index (χ2v) is 7.80. The lowest BCUT2D eigenvalue weighted by Crippen LogP contribution is -2.41. The SMILES string of the molecule is CN1CC[C@@H](CN[C@H](C(=O)NC2CC2)c2ccccc2)[C@@H]1c1cccnc1. The van der Waals surface area contributed by atoms with Crippen molar-refractivity contribution in [2.45, 2.75) is 37.4 Å². The highest BCUT2D eigenvalue weighted by Crippen LogP contribution is 2.35. The molecule has 2 aromatic rings. The summed E-state index contributed by atoms with van der Waals surface area (Å²) in [7, 11) is 2.17. The van der Waals surface area contributed by atoms with Gasteiger partial charge in [-0.15, -0.1) is 0 Å². The number of carbonyl (C=O) groups excluding carboxylic acids is 1. The van der Waals surface area contributed by atoms with Crippen LogP contribution >= 0.6 is 0 Å². The average Bonchev–Trinajstić information content (AvgIpc) is 3.44. The van der Waals surface area contributed by atoms with Crippen LogP contribution in [0.25, 0.3) is 0 Å². The van der Waals surface area contributed by atoms with Crippen molar-refractivity contribution in [1.82, 2.24) is 20.5 Å². The van der Waals surface area contributed by atoms with E-state index in [1.165, 1.54) is 5.56 Å². The van der Waals surface area contributed by atoms with Crippen LogP contribution < -0.4 is 10.6 Å². The number of carbonyl (C=O) groups is 1. The zero-order valence-electron chi connectivity index (χ0n) is 15.8. The van der Waals surface area contributed by atoms with Crippen molar-refractivity contribution in [2.75, 3.05) is 20.1 Å². The monoisotopic (exact) mass is 364 g/mol. The van der Waals surface area contributed by atoms with Crippen molar-refractivity contribution < 1.29 is 4.79 Å². The normalized spacial score (nSPS) is 23.9. The zero-order valence-corrected chi connectivity index (χ0v) is 15.8. The highest BCUT2D eigenvalue weighted by Gasteiger charge is 2.34. The first kappa shape index (κ1) is 18.1. The molecule has 1 aliphatic carbocycles. The Morgan fingerprint density at radius 3 is 2.70 bits per heavy atom. The van der Waals surface area contributed by atoms with Gasteiger partial charge in [0.2, 0.25) is 5.91 Å². The number of hydrogen-bond acceptors (Lipinski definition) is 4. The number of pyridine rings is 1. The lowest BCUT2D eigenvalue weighted by molar-refractivity contribution is -0.123. The van der Waals surface area contributed by atoms with E-state index >= 15 is 0 Å². The zero-order chi connectivity index (χ0) is 18.6. The van der Waals surface area contributed by atoms with Crippen LogP contribution in [0.2, 0.25) is 0 Å². The van der Waals surface area contributed by atoms with Crippen LogP contribution in [0.15, 0.2) is 54.9 Å². The summed E-state index contributed by atoms with van der Waals surface area (Å²) in [5.74, 6) is 0.548. The summed E-state index contributed by atoms with van der Waals surface area (Å²) in [6.45, 7) is 1.87. The standard InChI is InChI=1S/C22H28N4O/c1-26-13-11-18(21(26)17-8-5-12-23-14-17)15-24-20(16-6-3-2-4-7-16)22(27)25-19-9-10-19/h2-8,12,14,18-21,24H,9-11,13,15H2,1H3,(H,25,27)/t18-,20-,21-/m0/s1. The molecule has 0 spiro atoms. The molecule has 2 N–H and O–H groups in total. The fourth-order valence-electron chi connectivity index (χ4n) is 4.11. The fraction of sp³-hybridized carbons (Fsp3) is 0.455. The van der Waals surface area contributed by atoms with Crippen molar-refractivity contribution >= 4 is 5.91 Å². The van der Waals surface area contributed by atoms with E-state index in [9.17, 15) is 4.79 Å². The van der Waals surface area contributed by atoms with Crippen LogP contribution in [0.5, 0.6) is 0 Å². The highest BCUT2D eigenvalue weighted by atomic mass is 16.2. The van der Waals surface area contributed by atoms with Gasteiger partial charge < -0.3 is 10.6 Å². The fourth-order valence-corrected chi connectivity index (χ4v) is 4.11. The van der Waals surface area contributed by atoms with E-state index in [1.54, 1.807) is 0 Å². The van der Waals surface area contributed by atoms with Crippen molar-refractivity contribution in [3.05, 3.63) is 66.0 Å². The highest BCUT2D eigenvalue weighted by molar-refractivity contribution is 5.83.